The summed E-state index contributed by atoms with van der Waals surface area (Å²) in [6, 6.07) is 2.21. The van der Waals surface area contributed by atoms with E-state index < -0.39 is 0 Å². The van der Waals surface area contributed by atoms with Gasteiger partial charge in [0.15, 0.2) is 0 Å². The lowest BCUT2D eigenvalue weighted by molar-refractivity contribution is 0.0527. The van der Waals surface area contributed by atoms with E-state index in [1.54, 1.807) is 24.5 Å². The molecule has 4 nitrogen and oxygen atoms in total. The number of pyridine rings is 1. The van der Waals surface area contributed by atoms with Crippen LogP contribution in [0.15, 0.2) is 17.6 Å². The van der Waals surface area contributed by atoms with E-state index in [1.807, 2.05) is 25.3 Å². The fourth-order valence-corrected chi connectivity index (χ4v) is 2.48. The quantitative estimate of drug-likeness (QED) is 0.861. The molecule has 2 aromatic heterocycles. The molecule has 0 atom stereocenters. The number of rotatable bonds is 4. The Hall–Kier alpha value is -1.62. The highest BCUT2D eigenvalue weighted by Crippen LogP contribution is 2.30. The van der Waals surface area contributed by atoms with Gasteiger partial charge < -0.3 is 10.1 Å². The first-order chi connectivity index (χ1) is 8.63. The van der Waals surface area contributed by atoms with Crippen molar-refractivity contribution in [3.63, 3.8) is 0 Å². The van der Waals surface area contributed by atoms with Gasteiger partial charge in [0.1, 0.15) is 10.4 Å². The van der Waals surface area contributed by atoms with Crippen molar-refractivity contribution in [2.45, 2.75) is 26.8 Å². The Morgan fingerprint density at radius 1 is 1.56 bits per heavy atom. The zero-order chi connectivity index (χ0) is 13.1. The number of esters is 1. The van der Waals surface area contributed by atoms with Crippen LogP contribution < -0.4 is 5.32 Å². The van der Waals surface area contributed by atoms with Crippen LogP contribution in [0, 0.1) is 0 Å². The van der Waals surface area contributed by atoms with Crippen LogP contribution in [-0.4, -0.2) is 23.6 Å². The minimum absolute atomic E-state index is 0.240. The standard InChI is InChI=1S/C13H16N2O2S/c1-4-17-13(16)10-7-14-12-9(5-6-18-12)11(10)15-8(2)3/h5-8H,4H2,1-3H3,(H,14,15). The highest BCUT2D eigenvalue weighted by atomic mass is 32.1. The molecule has 96 valence electrons. The molecule has 0 bridgehead atoms. The first-order valence-electron chi connectivity index (χ1n) is 5.93. The van der Waals surface area contributed by atoms with Crippen molar-refractivity contribution in [1.29, 1.82) is 0 Å². The highest BCUT2D eigenvalue weighted by Gasteiger charge is 2.17. The van der Waals surface area contributed by atoms with Crippen molar-refractivity contribution in [3.05, 3.63) is 23.2 Å². The van der Waals surface area contributed by atoms with Gasteiger partial charge in [-0.3, -0.25) is 0 Å². The molecule has 2 heterocycles. The number of anilines is 1. The topological polar surface area (TPSA) is 51.2 Å². The Bertz CT molecular complexity index is 563. The number of ether oxygens (including phenoxy) is 1. The van der Waals surface area contributed by atoms with Gasteiger partial charge in [-0.2, -0.15) is 0 Å². The number of thiophene rings is 1. The molecule has 0 amide bonds. The number of carbonyl (C=O) groups excluding carboxylic acids is 1. The summed E-state index contributed by atoms with van der Waals surface area (Å²) in [6.07, 6.45) is 1.58. The van der Waals surface area contributed by atoms with Crippen molar-refractivity contribution >= 4 is 33.2 Å². The van der Waals surface area contributed by atoms with Gasteiger partial charge in [0.2, 0.25) is 0 Å². The molecule has 0 saturated heterocycles. The van der Waals surface area contributed by atoms with Crippen LogP contribution in [0.2, 0.25) is 0 Å². The lowest BCUT2D eigenvalue weighted by Crippen LogP contribution is -2.15. The Balaban J connectivity index is 2.53. The molecular weight excluding hydrogens is 248 g/mol. The van der Waals surface area contributed by atoms with E-state index in [1.165, 1.54) is 0 Å². The molecule has 0 unspecified atom stereocenters. The Kier molecular flexibility index (Phi) is 3.81. The molecule has 5 heteroatoms. The van der Waals surface area contributed by atoms with E-state index >= 15 is 0 Å². The predicted molar refractivity (Wildman–Crippen MR) is 74.3 cm³/mol. The fourth-order valence-electron chi connectivity index (χ4n) is 1.73. The third kappa shape index (κ3) is 2.46. The lowest BCUT2D eigenvalue weighted by Gasteiger charge is -2.14. The molecule has 0 aliphatic carbocycles. The van der Waals surface area contributed by atoms with E-state index in [9.17, 15) is 4.79 Å². The Morgan fingerprint density at radius 3 is 3.00 bits per heavy atom. The van der Waals surface area contributed by atoms with Crippen LogP contribution in [0.25, 0.3) is 10.2 Å². The first kappa shape index (κ1) is 12.8. The number of fused-ring (bicyclic) bond motifs is 1. The lowest BCUT2D eigenvalue weighted by atomic mass is 10.1. The number of hydrogen-bond acceptors (Lipinski definition) is 5. The van der Waals surface area contributed by atoms with Crippen molar-refractivity contribution in [2.75, 3.05) is 11.9 Å². The molecule has 2 rings (SSSR count). The highest BCUT2D eigenvalue weighted by molar-refractivity contribution is 7.16. The molecule has 0 saturated carbocycles. The molecule has 0 radical (unpaired) electrons. The summed E-state index contributed by atoms with van der Waals surface area (Å²) < 4.78 is 5.06. The average molecular weight is 264 g/mol. The minimum atomic E-state index is -0.332. The van der Waals surface area contributed by atoms with Crippen LogP contribution in [0.1, 0.15) is 31.1 Å². The van der Waals surface area contributed by atoms with Crippen LogP contribution in [0.4, 0.5) is 5.69 Å². The number of carbonyl (C=O) groups is 1. The van der Waals surface area contributed by atoms with Gasteiger partial charge in [0.05, 0.1) is 12.3 Å². The van der Waals surface area contributed by atoms with Crippen molar-refractivity contribution in [2.24, 2.45) is 0 Å². The summed E-state index contributed by atoms with van der Waals surface area (Å²) >= 11 is 1.56. The van der Waals surface area contributed by atoms with E-state index in [4.69, 9.17) is 4.74 Å². The van der Waals surface area contributed by atoms with Crippen LogP contribution >= 0.6 is 11.3 Å². The minimum Gasteiger partial charge on any atom is -0.462 e. The number of hydrogen-bond donors (Lipinski definition) is 1. The van der Waals surface area contributed by atoms with Gasteiger partial charge in [0, 0.05) is 17.6 Å². The van der Waals surface area contributed by atoms with Crippen LogP contribution in [0.5, 0.6) is 0 Å². The average Bonchev–Trinajstić information content (AvgIpc) is 2.77. The number of nitrogens with one attached hydrogen (secondary N) is 1. The molecule has 0 aliphatic heterocycles. The second kappa shape index (κ2) is 5.35. The molecule has 1 N–H and O–H groups in total. The third-order valence-corrected chi connectivity index (χ3v) is 3.24. The van der Waals surface area contributed by atoms with Gasteiger partial charge >= 0.3 is 5.97 Å². The largest absolute Gasteiger partial charge is 0.462 e. The predicted octanol–water partition coefficient (Wildman–Crippen LogP) is 3.29. The Labute approximate surface area is 110 Å². The SMILES string of the molecule is CCOC(=O)c1cnc2sccc2c1NC(C)C. The molecule has 0 spiro atoms. The first-order valence-corrected chi connectivity index (χ1v) is 6.81. The summed E-state index contributed by atoms with van der Waals surface area (Å²) in [5.74, 6) is -0.332. The summed E-state index contributed by atoms with van der Waals surface area (Å²) in [5, 5.41) is 6.25. The van der Waals surface area contributed by atoms with E-state index in [2.05, 4.69) is 10.3 Å². The van der Waals surface area contributed by atoms with Crippen molar-refractivity contribution < 1.29 is 9.53 Å². The second-order valence-corrected chi connectivity index (χ2v) is 5.10. The molecule has 0 fully saturated rings. The monoisotopic (exact) mass is 264 g/mol. The van der Waals surface area contributed by atoms with Gasteiger partial charge in [-0.25, -0.2) is 9.78 Å². The summed E-state index contributed by atoms with van der Waals surface area (Å²) in [4.78, 5) is 17.1. The van der Waals surface area contributed by atoms with Gasteiger partial charge in [-0.1, -0.05) is 0 Å². The van der Waals surface area contributed by atoms with Crippen molar-refractivity contribution in [3.8, 4) is 0 Å². The molecule has 2 aromatic rings. The zero-order valence-electron chi connectivity index (χ0n) is 10.7. The normalized spacial score (nSPS) is 10.9. The third-order valence-electron chi connectivity index (χ3n) is 2.42. The molecular formula is C13H16N2O2S. The van der Waals surface area contributed by atoms with E-state index in [0.717, 1.165) is 15.9 Å². The van der Waals surface area contributed by atoms with Crippen LogP contribution in [-0.2, 0) is 4.74 Å². The van der Waals surface area contributed by atoms with E-state index in [-0.39, 0.29) is 12.0 Å². The Morgan fingerprint density at radius 2 is 2.33 bits per heavy atom. The summed E-state index contributed by atoms with van der Waals surface area (Å²) in [7, 11) is 0. The van der Waals surface area contributed by atoms with E-state index in [0.29, 0.717) is 12.2 Å². The number of aromatic nitrogens is 1. The fraction of sp³-hybridized carbons (Fsp3) is 0.385. The summed E-state index contributed by atoms with van der Waals surface area (Å²) in [5.41, 5.74) is 1.31. The van der Waals surface area contributed by atoms with Crippen LogP contribution in [0.3, 0.4) is 0 Å². The van der Waals surface area contributed by atoms with Gasteiger partial charge in [0.25, 0.3) is 0 Å². The molecule has 0 aromatic carbocycles. The second-order valence-electron chi connectivity index (χ2n) is 4.21. The van der Waals surface area contributed by atoms with Crippen molar-refractivity contribution in [1.82, 2.24) is 4.98 Å². The summed E-state index contributed by atoms with van der Waals surface area (Å²) in [6.45, 7) is 6.23. The number of nitrogens with zero attached hydrogens (tertiary/aromatic N) is 1. The smallest absolute Gasteiger partial charge is 0.341 e. The maximum Gasteiger partial charge on any atom is 0.341 e. The molecule has 0 aliphatic rings. The zero-order valence-corrected chi connectivity index (χ0v) is 11.5. The maximum absolute atomic E-state index is 11.9. The maximum atomic E-state index is 11.9. The van der Waals surface area contributed by atoms with Gasteiger partial charge in [-0.05, 0) is 32.2 Å². The molecule has 18 heavy (non-hydrogen) atoms. The van der Waals surface area contributed by atoms with Gasteiger partial charge in [-0.15, -0.1) is 11.3 Å².